The standard InChI is InChI=1S/C18H37N3/c1-5-7-17-14-21(18(12-19-17)15(3)4)13-16-8-10-20(6-2)11-9-16/h15-19H,5-14H2,1-4H3. The molecule has 0 aromatic rings. The smallest absolute Gasteiger partial charge is 0.0244 e. The van der Waals surface area contributed by atoms with Crippen LogP contribution in [0.3, 0.4) is 0 Å². The van der Waals surface area contributed by atoms with Gasteiger partial charge in [0.25, 0.3) is 0 Å². The maximum absolute atomic E-state index is 3.78. The van der Waals surface area contributed by atoms with Crippen LogP contribution in [0.25, 0.3) is 0 Å². The topological polar surface area (TPSA) is 18.5 Å². The minimum Gasteiger partial charge on any atom is -0.311 e. The van der Waals surface area contributed by atoms with Gasteiger partial charge in [-0.2, -0.15) is 0 Å². The zero-order chi connectivity index (χ0) is 15.2. The molecular weight excluding hydrogens is 258 g/mol. The number of rotatable bonds is 6. The van der Waals surface area contributed by atoms with Gasteiger partial charge in [0, 0.05) is 31.7 Å². The van der Waals surface area contributed by atoms with Gasteiger partial charge in [-0.15, -0.1) is 0 Å². The molecule has 2 fully saturated rings. The van der Waals surface area contributed by atoms with Crippen LogP contribution >= 0.6 is 0 Å². The fraction of sp³-hybridized carbons (Fsp3) is 1.00. The van der Waals surface area contributed by atoms with Crippen LogP contribution in [0, 0.1) is 11.8 Å². The van der Waals surface area contributed by atoms with Crippen LogP contribution in [-0.2, 0) is 0 Å². The van der Waals surface area contributed by atoms with Gasteiger partial charge in [0.15, 0.2) is 0 Å². The van der Waals surface area contributed by atoms with E-state index in [0.29, 0.717) is 0 Å². The quantitative estimate of drug-likeness (QED) is 0.813. The minimum atomic E-state index is 0.723. The highest BCUT2D eigenvalue weighted by atomic mass is 15.2. The normalized spacial score (nSPS) is 30.1. The summed E-state index contributed by atoms with van der Waals surface area (Å²) in [4.78, 5) is 5.43. The van der Waals surface area contributed by atoms with Gasteiger partial charge in [-0.3, -0.25) is 4.90 Å². The number of likely N-dealkylation sites (tertiary alicyclic amines) is 1. The molecule has 124 valence electrons. The first-order valence-electron chi connectivity index (χ1n) is 9.33. The van der Waals surface area contributed by atoms with Crippen molar-refractivity contribution in [3.63, 3.8) is 0 Å². The van der Waals surface area contributed by atoms with Crippen LogP contribution in [-0.4, -0.2) is 61.2 Å². The van der Waals surface area contributed by atoms with Crippen molar-refractivity contribution >= 4 is 0 Å². The lowest BCUT2D eigenvalue weighted by Crippen LogP contribution is -2.59. The predicted molar refractivity (Wildman–Crippen MR) is 91.7 cm³/mol. The molecule has 0 saturated carbocycles. The molecule has 0 aliphatic carbocycles. The second kappa shape index (κ2) is 8.50. The van der Waals surface area contributed by atoms with Crippen molar-refractivity contribution in [2.45, 2.75) is 65.5 Å². The number of nitrogens with one attached hydrogen (secondary N) is 1. The first-order chi connectivity index (χ1) is 10.1. The Morgan fingerprint density at radius 1 is 1.14 bits per heavy atom. The number of hydrogen-bond donors (Lipinski definition) is 1. The van der Waals surface area contributed by atoms with Crippen LogP contribution in [0.1, 0.15) is 53.4 Å². The summed E-state index contributed by atoms with van der Waals surface area (Å²) in [7, 11) is 0. The fourth-order valence-electron chi connectivity index (χ4n) is 4.13. The SMILES string of the molecule is CCCC1CN(CC2CCN(CC)CC2)C(C(C)C)CN1. The van der Waals surface area contributed by atoms with Gasteiger partial charge >= 0.3 is 0 Å². The Kier molecular flexibility index (Phi) is 6.97. The Bertz CT molecular complexity index is 284. The van der Waals surface area contributed by atoms with E-state index in [-0.39, 0.29) is 0 Å². The average molecular weight is 296 g/mol. The average Bonchev–Trinajstić information content (AvgIpc) is 2.48. The zero-order valence-electron chi connectivity index (χ0n) is 14.8. The van der Waals surface area contributed by atoms with Crippen LogP contribution in [0.4, 0.5) is 0 Å². The molecule has 0 aromatic carbocycles. The highest BCUT2D eigenvalue weighted by molar-refractivity contribution is 4.89. The van der Waals surface area contributed by atoms with E-state index in [0.717, 1.165) is 23.9 Å². The summed E-state index contributed by atoms with van der Waals surface area (Å²) in [6.07, 6.45) is 5.43. The molecule has 0 spiro atoms. The third-order valence-corrected chi connectivity index (χ3v) is 5.59. The van der Waals surface area contributed by atoms with Crippen molar-refractivity contribution in [1.82, 2.24) is 15.1 Å². The van der Waals surface area contributed by atoms with E-state index in [9.17, 15) is 0 Å². The van der Waals surface area contributed by atoms with Gasteiger partial charge in [0.2, 0.25) is 0 Å². The van der Waals surface area contributed by atoms with Gasteiger partial charge in [-0.25, -0.2) is 0 Å². The zero-order valence-corrected chi connectivity index (χ0v) is 14.8. The van der Waals surface area contributed by atoms with Crippen LogP contribution < -0.4 is 5.32 Å². The van der Waals surface area contributed by atoms with Crippen LogP contribution in [0.15, 0.2) is 0 Å². The van der Waals surface area contributed by atoms with Crippen molar-refractivity contribution in [1.29, 1.82) is 0 Å². The molecule has 21 heavy (non-hydrogen) atoms. The fourth-order valence-corrected chi connectivity index (χ4v) is 4.13. The number of hydrogen-bond acceptors (Lipinski definition) is 3. The summed E-state index contributed by atoms with van der Waals surface area (Å²) < 4.78 is 0. The lowest BCUT2D eigenvalue weighted by atomic mass is 9.91. The molecule has 2 aliphatic heterocycles. The van der Waals surface area contributed by atoms with Crippen molar-refractivity contribution in [3.05, 3.63) is 0 Å². The van der Waals surface area contributed by atoms with Crippen molar-refractivity contribution in [3.8, 4) is 0 Å². The van der Waals surface area contributed by atoms with Gasteiger partial charge in [-0.1, -0.05) is 34.1 Å². The molecule has 0 radical (unpaired) electrons. The molecule has 2 rings (SSSR count). The summed E-state index contributed by atoms with van der Waals surface area (Å²) in [6, 6.07) is 1.46. The summed E-state index contributed by atoms with van der Waals surface area (Å²) in [5.74, 6) is 1.69. The molecule has 2 saturated heterocycles. The molecule has 1 N–H and O–H groups in total. The second-order valence-electron chi connectivity index (χ2n) is 7.54. The second-order valence-corrected chi connectivity index (χ2v) is 7.54. The monoisotopic (exact) mass is 295 g/mol. The lowest BCUT2D eigenvalue weighted by Gasteiger charge is -2.45. The predicted octanol–water partition coefficient (Wildman–Crippen LogP) is 2.82. The van der Waals surface area contributed by atoms with E-state index in [4.69, 9.17) is 0 Å². The molecule has 3 heteroatoms. The minimum absolute atomic E-state index is 0.723. The molecule has 3 nitrogen and oxygen atoms in total. The summed E-state index contributed by atoms with van der Waals surface area (Å²) in [5.41, 5.74) is 0. The number of piperazine rings is 1. The molecule has 0 amide bonds. The first kappa shape index (κ1) is 17.2. The van der Waals surface area contributed by atoms with E-state index in [1.807, 2.05) is 0 Å². The molecule has 0 aromatic heterocycles. The highest BCUT2D eigenvalue weighted by Crippen LogP contribution is 2.23. The van der Waals surface area contributed by atoms with Crippen molar-refractivity contribution in [2.75, 3.05) is 39.3 Å². The van der Waals surface area contributed by atoms with E-state index in [2.05, 4.69) is 42.8 Å². The molecule has 2 unspecified atom stereocenters. The van der Waals surface area contributed by atoms with E-state index in [1.165, 1.54) is 65.0 Å². The van der Waals surface area contributed by atoms with Crippen LogP contribution in [0.5, 0.6) is 0 Å². The van der Waals surface area contributed by atoms with Crippen molar-refractivity contribution < 1.29 is 0 Å². The van der Waals surface area contributed by atoms with E-state index < -0.39 is 0 Å². The van der Waals surface area contributed by atoms with Gasteiger partial charge in [-0.05, 0) is 50.7 Å². The molecule has 2 aliphatic rings. The summed E-state index contributed by atoms with van der Waals surface area (Å²) in [6.45, 7) is 17.0. The summed E-state index contributed by atoms with van der Waals surface area (Å²) in [5, 5.41) is 3.78. The largest absolute Gasteiger partial charge is 0.311 e. The highest BCUT2D eigenvalue weighted by Gasteiger charge is 2.31. The third-order valence-electron chi connectivity index (χ3n) is 5.59. The van der Waals surface area contributed by atoms with Gasteiger partial charge < -0.3 is 10.2 Å². The molecule has 2 atom stereocenters. The van der Waals surface area contributed by atoms with E-state index in [1.54, 1.807) is 0 Å². The van der Waals surface area contributed by atoms with E-state index >= 15 is 0 Å². The molecule has 2 heterocycles. The lowest BCUT2D eigenvalue weighted by molar-refractivity contribution is 0.0625. The number of piperidine rings is 1. The maximum Gasteiger partial charge on any atom is 0.0244 e. The Labute approximate surface area is 132 Å². The Balaban J connectivity index is 1.87. The Morgan fingerprint density at radius 2 is 1.86 bits per heavy atom. The Hall–Kier alpha value is -0.120. The Morgan fingerprint density at radius 3 is 2.43 bits per heavy atom. The maximum atomic E-state index is 3.78. The third kappa shape index (κ3) is 4.94. The molecular formula is C18H37N3. The summed E-state index contributed by atoms with van der Waals surface area (Å²) >= 11 is 0. The first-order valence-corrected chi connectivity index (χ1v) is 9.33. The van der Waals surface area contributed by atoms with Crippen molar-refractivity contribution in [2.24, 2.45) is 11.8 Å². The molecule has 0 bridgehead atoms. The number of nitrogens with zero attached hydrogens (tertiary/aromatic N) is 2. The van der Waals surface area contributed by atoms with Crippen LogP contribution in [0.2, 0.25) is 0 Å². The van der Waals surface area contributed by atoms with Gasteiger partial charge in [0.1, 0.15) is 0 Å². The van der Waals surface area contributed by atoms with Gasteiger partial charge in [0.05, 0.1) is 0 Å².